The predicted octanol–water partition coefficient (Wildman–Crippen LogP) is 2.57. The molecule has 0 amide bonds. The second kappa shape index (κ2) is 6.64. The summed E-state index contributed by atoms with van der Waals surface area (Å²) in [6.07, 6.45) is 4.61. The van der Waals surface area contributed by atoms with Crippen LogP contribution in [0.5, 0.6) is 0 Å². The lowest BCUT2D eigenvalue weighted by atomic mass is 9.91. The molecule has 2 heterocycles. The van der Waals surface area contributed by atoms with Crippen molar-refractivity contribution in [2.45, 2.75) is 38.6 Å². The summed E-state index contributed by atoms with van der Waals surface area (Å²) in [4.78, 5) is 6.84. The summed E-state index contributed by atoms with van der Waals surface area (Å²) in [5.41, 5.74) is 0. The van der Waals surface area contributed by atoms with Gasteiger partial charge in [-0.05, 0) is 39.3 Å². The Hall–Kier alpha value is -0.450. The largest absolute Gasteiger partial charge is 0.313 e. The molecule has 3 unspecified atom stereocenters. The summed E-state index contributed by atoms with van der Waals surface area (Å²) in [7, 11) is 2.23. The van der Waals surface area contributed by atoms with Crippen molar-refractivity contribution < 1.29 is 0 Å². The van der Waals surface area contributed by atoms with E-state index in [1.807, 2.05) is 6.20 Å². The number of nitrogens with one attached hydrogen (secondary N) is 1. The van der Waals surface area contributed by atoms with Crippen LogP contribution < -0.4 is 5.32 Å². The molecule has 1 aliphatic heterocycles. The minimum Gasteiger partial charge on any atom is -0.313 e. The molecular formula is C14H25N3S. The maximum atomic E-state index is 4.39. The lowest BCUT2D eigenvalue weighted by Gasteiger charge is -2.34. The van der Waals surface area contributed by atoms with Crippen molar-refractivity contribution in [2.24, 2.45) is 5.92 Å². The van der Waals surface area contributed by atoms with Gasteiger partial charge in [0.2, 0.25) is 0 Å². The molecule has 0 aromatic carbocycles. The summed E-state index contributed by atoms with van der Waals surface area (Å²) < 4.78 is 0. The summed E-state index contributed by atoms with van der Waals surface area (Å²) in [6.45, 7) is 8.12. The third-order valence-electron chi connectivity index (χ3n) is 3.99. The first kappa shape index (κ1) is 14.0. The number of hydrogen-bond donors (Lipinski definition) is 1. The van der Waals surface area contributed by atoms with E-state index in [-0.39, 0.29) is 0 Å². The van der Waals surface area contributed by atoms with Crippen LogP contribution in [0.3, 0.4) is 0 Å². The molecule has 1 saturated heterocycles. The fraction of sp³-hybridized carbons (Fsp3) is 0.786. The third kappa shape index (κ3) is 3.77. The topological polar surface area (TPSA) is 28.2 Å². The van der Waals surface area contributed by atoms with Gasteiger partial charge >= 0.3 is 0 Å². The smallest absolute Gasteiger partial charge is 0.0965 e. The second-order valence-electron chi connectivity index (χ2n) is 5.63. The number of hydrogen-bond acceptors (Lipinski definition) is 4. The van der Waals surface area contributed by atoms with Gasteiger partial charge in [0.05, 0.1) is 5.01 Å². The molecule has 0 saturated carbocycles. The SMILES string of the molecule is CC(CNC(C)C1CCCN(C)C1)c1nccs1. The van der Waals surface area contributed by atoms with E-state index in [4.69, 9.17) is 0 Å². The van der Waals surface area contributed by atoms with Crippen LogP contribution >= 0.6 is 11.3 Å². The monoisotopic (exact) mass is 267 g/mol. The van der Waals surface area contributed by atoms with E-state index in [1.54, 1.807) is 11.3 Å². The van der Waals surface area contributed by atoms with Crippen LogP contribution in [0.15, 0.2) is 11.6 Å². The Balaban J connectivity index is 1.75. The Morgan fingerprint density at radius 3 is 3.06 bits per heavy atom. The van der Waals surface area contributed by atoms with Gasteiger partial charge in [0.1, 0.15) is 0 Å². The number of nitrogens with zero attached hydrogens (tertiary/aromatic N) is 2. The van der Waals surface area contributed by atoms with Crippen molar-refractivity contribution in [3.8, 4) is 0 Å². The van der Waals surface area contributed by atoms with Crippen LogP contribution in [0.1, 0.15) is 37.6 Å². The van der Waals surface area contributed by atoms with Crippen LogP contribution in [-0.4, -0.2) is 42.6 Å². The molecule has 0 radical (unpaired) electrons. The molecule has 4 heteroatoms. The molecule has 0 spiro atoms. The van der Waals surface area contributed by atoms with Gasteiger partial charge in [0, 0.05) is 36.6 Å². The number of thiazole rings is 1. The van der Waals surface area contributed by atoms with Crippen LogP contribution in [0.4, 0.5) is 0 Å². The Morgan fingerprint density at radius 2 is 2.39 bits per heavy atom. The summed E-state index contributed by atoms with van der Waals surface area (Å²) in [5.74, 6) is 1.32. The van der Waals surface area contributed by atoms with E-state index < -0.39 is 0 Å². The standard InChI is InChI=1S/C14H25N3S/c1-11(14-15-6-8-18-14)9-16-12(2)13-5-4-7-17(3)10-13/h6,8,11-13,16H,4-5,7,9-10H2,1-3H3. The first-order chi connectivity index (χ1) is 8.66. The lowest BCUT2D eigenvalue weighted by molar-refractivity contribution is 0.178. The van der Waals surface area contributed by atoms with Crippen molar-refractivity contribution in [2.75, 3.05) is 26.7 Å². The number of rotatable bonds is 5. The predicted molar refractivity (Wildman–Crippen MR) is 78.2 cm³/mol. The van der Waals surface area contributed by atoms with Gasteiger partial charge in [-0.25, -0.2) is 4.98 Å². The molecule has 2 rings (SSSR count). The molecule has 0 bridgehead atoms. The highest BCUT2D eigenvalue weighted by molar-refractivity contribution is 7.09. The van der Waals surface area contributed by atoms with Crippen LogP contribution in [0, 0.1) is 5.92 Å². The Morgan fingerprint density at radius 1 is 1.56 bits per heavy atom. The van der Waals surface area contributed by atoms with Gasteiger partial charge < -0.3 is 10.2 Å². The maximum Gasteiger partial charge on any atom is 0.0965 e. The van der Waals surface area contributed by atoms with E-state index >= 15 is 0 Å². The molecule has 1 fully saturated rings. The highest BCUT2D eigenvalue weighted by atomic mass is 32.1. The van der Waals surface area contributed by atoms with E-state index in [0.717, 1.165) is 12.5 Å². The molecule has 102 valence electrons. The maximum absolute atomic E-state index is 4.39. The quantitative estimate of drug-likeness (QED) is 0.889. The molecule has 3 atom stereocenters. The highest BCUT2D eigenvalue weighted by Crippen LogP contribution is 2.20. The zero-order valence-corrected chi connectivity index (χ0v) is 12.5. The lowest BCUT2D eigenvalue weighted by Crippen LogP contribution is -2.43. The molecule has 1 aliphatic rings. The zero-order chi connectivity index (χ0) is 13.0. The third-order valence-corrected chi connectivity index (χ3v) is 4.99. The second-order valence-corrected chi connectivity index (χ2v) is 6.56. The van der Waals surface area contributed by atoms with Crippen molar-refractivity contribution in [1.29, 1.82) is 0 Å². The first-order valence-electron chi connectivity index (χ1n) is 6.98. The molecule has 1 aromatic heterocycles. The number of piperidine rings is 1. The van der Waals surface area contributed by atoms with E-state index in [1.165, 1.54) is 30.9 Å². The van der Waals surface area contributed by atoms with E-state index in [0.29, 0.717) is 12.0 Å². The number of likely N-dealkylation sites (tertiary alicyclic amines) is 1. The highest BCUT2D eigenvalue weighted by Gasteiger charge is 2.22. The minimum atomic E-state index is 0.522. The van der Waals surface area contributed by atoms with Crippen molar-refractivity contribution in [1.82, 2.24) is 15.2 Å². The van der Waals surface area contributed by atoms with Crippen molar-refractivity contribution >= 4 is 11.3 Å². The minimum absolute atomic E-state index is 0.522. The van der Waals surface area contributed by atoms with E-state index in [9.17, 15) is 0 Å². The Bertz CT molecular complexity index is 339. The van der Waals surface area contributed by atoms with Gasteiger partial charge in [-0.1, -0.05) is 6.92 Å². The van der Waals surface area contributed by atoms with Crippen molar-refractivity contribution in [3.05, 3.63) is 16.6 Å². The Kier molecular flexibility index (Phi) is 5.15. The average Bonchev–Trinajstić information content (AvgIpc) is 2.89. The normalized spacial score (nSPS) is 24.9. The summed E-state index contributed by atoms with van der Waals surface area (Å²) in [6, 6.07) is 0.607. The molecule has 18 heavy (non-hydrogen) atoms. The molecule has 1 aromatic rings. The van der Waals surface area contributed by atoms with E-state index in [2.05, 4.69) is 41.5 Å². The van der Waals surface area contributed by atoms with Gasteiger partial charge in [-0.15, -0.1) is 11.3 Å². The van der Waals surface area contributed by atoms with Gasteiger partial charge in [0.25, 0.3) is 0 Å². The van der Waals surface area contributed by atoms with Crippen LogP contribution in [0.25, 0.3) is 0 Å². The van der Waals surface area contributed by atoms with Crippen LogP contribution in [0.2, 0.25) is 0 Å². The van der Waals surface area contributed by atoms with Gasteiger partial charge in [-0.2, -0.15) is 0 Å². The zero-order valence-electron chi connectivity index (χ0n) is 11.7. The first-order valence-corrected chi connectivity index (χ1v) is 7.86. The van der Waals surface area contributed by atoms with Crippen LogP contribution in [-0.2, 0) is 0 Å². The van der Waals surface area contributed by atoms with Gasteiger partial charge in [-0.3, -0.25) is 0 Å². The van der Waals surface area contributed by atoms with Gasteiger partial charge in [0.15, 0.2) is 0 Å². The summed E-state index contributed by atoms with van der Waals surface area (Å²) >= 11 is 1.76. The fourth-order valence-electron chi connectivity index (χ4n) is 2.71. The number of aromatic nitrogens is 1. The molecule has 0 aliphatic carbocycles. The fourth-order valence-corrected chi connectivity index (χ4v) is 3.41. The Labute approximate surface area is 115 Å². The molecule has 3 nitrogen and oxygen atoms in total. The molecule has 1 N–H and O–H groups in total. The van der Waals surface area contributed by atoms with Crippen molar-refractivity contribution in [3.63, 3.8) is 0 Å². The average molecular weight is 267 g/mol. The molecular weight excluding hydrogens is 242 g/mol. The summed E-state index contributed by atoms with van der Waals surface area (Å²) in [5, 5.41) is 7.01.